The molecule has 0 spiro atoms. The van der Waals surface area contributed by atoms with E-state index in [1.807, 2.05) is 6.21 Å². The number of hydrogen-bond donors (Lipinski definition) is 0. The van der Waals surface area contributed by atoms with Gasteiger partial charge in [0.05, 0.1) is 23.3 Å². The second-order valence-electron chi connectivity index (χ2n) is 9.86. The second kappa shape index (κ2) is 14.6. The summed E-state index contributed by atoms with van der Waals surface area (Å²) in [7, 11) is 8.92. The minimum atomic E-state index is -2.69. The maximum absolute atomic E-state index is 5.52. The fourth-order valence-electron chi connectivity index (χ4n) is 5.23. The van der Waals surface area contributed by atoms with Crippen molar-refractivity contribution >= 4 is 62.1 Å². The van der Waals surface area contributed by atoms with Crippen LogP contribution in [0.4, 0.5) is 5.69 Å². The topological polar surface area (TPSA) is 29.6 Å². The summed E-state index contributed by atoms with van der Waals surface area (Å²) in [6.45, 7) is 6.37. The third kappa shape index (κ3) is 7.18. The van der Waals surface area contributed by atoms with Gasteiger partial charge in [-0.25, -0.2) is 0 Å². The molecule has 1 aromatic heterocycles. The van der Waals surface area contributed by atoms with Gasteiger partial charge in [-0.2, -0.15) is 0 Å². The maximum atomic E-state index is 5.52. The molecule has 3 nitrogen and oxygen atoms in total. The molecular weight excluding hydrogens is 605 g/mol. The van der Waals surface area contributed by atoms with Crippen molar-refractivity contribution in [2.24, 2.45) is 16.7 Å². The summed E-state index contributed by atoms with van der Waals surface area (Å²) in [4.78, 5) is 4.86. The van der Waals surface area contributed by atoms with Gasteiger partial charge in [0.15, 0.2) is 0 Å². The Kier molecular flexibility index (Phi) is 11.0. The van der Waals surface area contributed by atoms with E-state index in [0.717, 1.165) is 17.1 Å². The Morgan fingerprint density at radius 2 is 1.02 bits per heavy atom. The Morgan fingerprint density at radius 1 is 0.634 bits per heavy atom. The Morgan fingerprint density at radius 3 is 1.44 bits per heavy atom. The van der Waals surface area contributed by atoms with E-state index in [2.05, 4.69) is 154 Å². The predicted octanol–water partition coefficient (Wildman–Crippen LogP) is 7.16. The van der Waals surface area contributed by atoms with Gasteiger partial charge < -0.3 is 9.23 Å². The Balaban J connectivity index is 0.00000124. The van der Waals surface area contributed by atoms with Crippen LogP contribution < -0.4 is 15.6 Å². The molecule has 210 valence electrons. The number of aliphatic imine (C=N–C) groups is 1. The molecule has 4 aromatic carbocycles. The molecule has 0 saturated heterocycles. The van der Waals surface area contributed by atoms with Crippen LogP contribution in [0.3, 0.4) is 0 Å². The third-order valence-corrected chi connectivity index (χ3v) is 11.1. The minimum absolute atomic E-state index is 0.194. The molecule has 1 heterocycles. The van der Waals surface area contributed by atoms with Gasteiger partial charge in [-0.1, -0.05) is 109 Å². The molecule has 5 aromatic rings. The van der Waals surface area contributed by atoms with Crippen LogP contribution in [0, 0.1) is 20.8 Å². The monoisotopic (exact) mass is 637 g/mol. The van der Waals surface area contributed by atoms with Crippen molar-refractivity contribution < 1.29 is 13.1 Å². The summed E-state index contributed by atoms with van der Waals surface area (Å²) >= 11 is 0.194. The van der Waals surface area contributed by atoms with E-state index in [1.165, 1.54) is 32.3 Å². The average Bonchev–Trinajstić information content (AvgIpc) is 3.34. The average molecular weight is 638 g/mol. The van der Waals surface area contributed by atoms with E-state index < -0.39 is 8.24 Å². The van der Waals surface area contributed by atoms with Crippen molar-refractivity contribution in [2.45, 2.75) is 20.8 Å². The van der Waals surface area contributed by atoms with Crippen LogP contribution in [-0.4, -0.2) is 25.2 Å². The number of halogens is 2. The van der Waals surface area contributed by atoms with Crippen molar-refractivity contribution in [1.29, 1.82) is 0 Å². The van der Waals surface area contributed by atoms with Crippen molar-refractivity contribution in [1.82, 2.24) is 4.57 Å². The van der Waals surface area contributed by atoms with Gasteiger partial charge >= 0.3 is 33.3 Å². The summed E-state index contributed by atoms with van der Waals surface area (Å²) in [5.41, 5.74) is 6.77. The first-order valence-electron chi connectivity index (χ1n) is 13.3. The van der Waals surface area contributed by atoms with E-state index in [9.17, 15) is 0 Å². The summed E-state index contributed by atoms with van der Waals surface area (Å²) in [5.74, 6) is 0. The molecule has 0 fully saturated rings. The molecule has 0 bridgehead atoms. The van der Waals surface area contributed by atoms with Gasteiger partial charge in [-0.05, 0) is 59.6 Å². The van der Waals surface area contributed by atoms with Gasteiger partial charge in [-0.15, -0.1) is 0 Å². The molecular formula is C34H33Cl2FeN3Si. The Hall–Kier alpha value is -3.18. The molecule has 0 amide bonds. The Bertz CT molecular complexity index is 1500. The molecule has 0 N–H and O–H groups in total. The predicted molar refractivity (Wildman–Crippen MR) is 177 cm³/mol. The van der Waals surface area contributed by atoms with Crippen LogP contribution in [0.15, 0.2) is 125 Å². The number of hydrogen-bond acceptors (Lipinski definition) is 2. The standard InChI is InChI=1S/C34H33N3Si.2ClH.Fe/c1-26-22-27(2)34(28(3)23-26)35-24-29-20-21-30(37(29)4)25-36-38(31-14-8-5-9-15-31,32-16-10-6-11-17-32)33-18-12-7-13-19-33;;;/h5-25H,1-4H3;2*1H;/q;;;+2/p-2/b35-24?,36-25+;;;. The fourth-order valence-corrected chi connectivity index (χ4v) is 9.03. The summed E-state index contributed by atoms with van der Waals surface area (Å²) in [6.07, 6.45) is 4.01. The normalized spacial score (nSPS) is 11.7. The van der Waals surface area contributed by atoms with Gasteiger partial charge in [0.2, 0.25) is 0 Å². The van der Waals surface area contributed by atoms with Crippen molar-refractivity contribution in [2.75, 3.05) is 0 Å². The number of nitrogens with zero attached hydrogens (tertiary/aromatic N) is 3. The molecule has 0 saturated carbocycles. The summed E-state index contributed by atoms with van der Waals surface area (Å²) < 4.78 is 7.67. The van der Waals surface area contributed by atoms with E-state index in [1.54, 1.807) is 0 Å². The number of rotatable bonds is 7. The van der Waals surface area contributed by atoms with E-state index in [0.29, 0.717) is 0 Å². The Labute approximate surface area is 259 Å². The van der Waals surface area contributed by atoms with Crippen LogP contribution >= 0.6 is 20.2 Å². The van der Waals surface area contributed by atoms with Gasteiger partial charge in [0.1, 0.15) is 0 Å². The van der Waals surface area contributed by atoms with Crippen LogP contribution in [0.1, 0.15) is 28.1 Å². The molecule has 0 unspecified atom stereocenters. The first-order valence-corrected chi connectivity index (χ1v) is 18.2. The zero-order valence-corrected chi connectivity index (χ0v) is 27.2. The quantitative estimate of drug-likeness (QED) is 0.103. The van der Waals surface area contributed by atoms with Gasteiger partial charge in [0, 0.05) is 13.3 Å². The number of aryl methyl sites for hydroxylation is 3. The van der Waals surface area contributed by atoms with Crippen LogP contribution in [0.25, 0.3) is 0 Å². The van der Waals surface area contributed by atoms with Crippen molar-refractivity contribution in [3.8, 4) is 0 Å². The zero-order chi connectivity index (χ0) is 29.2. The van der Waals surface area contributed by atoms with Crippen molar-refractivity contribution in [3.63, 3.8) is 0 Å². The van der Waals surface area contributed by atoms with Crippen LogP contribution in [0.2, 0.25) is 0 Å². The SMILES string of the molecule is Cc1cc(C)c(N=Cc2ccc(/C=N/[Si](c3ccccc3)(c3ccccc3)c3ccccc3)n2C)c(C)c1.[Cl][Fe][Cl]. The molecule has 41 heavy (non-hydrogen) atoms. The molecule has 0 radical (unpaired) electrons. The fraction of sp³-hybridized carbons (Fsp3) is 0.118. The van der Waals surface area contributed by atoms with E-state index >= 15 is 0 Å². The van der Waals surface area contributed by atoms with Crippen LogP contribution in [0.5, 0.6) is 0 Å². The zero-order valence-electron chi connectivity index (χ0n) is 23.6. The number of benzene rings is 4. The molecule has 5 rings (SSSR count). The third-order valence-electron chi connectivity index (χ3n) is 7.13. The first kappa shape index (κ1) is 30.8. The van der Waals surface area contributed by atoms with Crippen LogP contribution in [-0.2, 0) is 20.2 Å². The number of aromatic nitrogens is 1. The first-order chi connectivity index (χ1) is 19.9. The molecule has 7 heteroatoms. The summed E-state index contributed by atoms with van der Waals surface area (Å²) in [6, 6.07) is 40.8. The molecule has 0 aliphatic carbocycles. The van der Waals surface area contributed by atoms with Crippen molar-refractivity contribution in [3.05, 3.63) is 143 Å². The molecule has 0 aliphatic rings. The summed E-state index contributed by atoms with van der Waals surface area (Å²) in [5, 5.41) is 3.78. The van der Waals surface area contributed by atoms with E-state index in [4.69, 9.17) is 29.8 Å². The van der Waals surface area contributed by atoms with Gasteiger partial charge in [-0.3, -0.25) is 4.99 Å². The van der Waals surface area contributed by atoms with E-state index in [-0.39, 0.29) is 13.1 Å². The second-order valence-corrected chi connectivity index (χ2v) is 15.1. The molecule has 0 atom stereocenters. The molecule has 0 aliphatic heterocycles. The van der Waals surface area contributed by atoms with Gasteiger partial charge in [0.25, 0.3) is 8.24 Å².